The number of hydrogen-bond donors (Lipinski definition) is 2. The topological polar surface area (TPSA) is 134 Å². The molecule has 0 amide bonds. The molecule has 0 spiro atoms. The Morgan fingerprint density at radius 1 is 0.425 bits per heavy atom. The molecule has 2 unspecified atom stereocenters. The van der Waals surface area contributed by atoms with E-state index in [1.165, 1.54) is 199 Å². The van der Waals surface area contributed by atoms with Crippen molar-refractivity contribution in [2.45, 2.75) is 302 Å². The Morgan fingerprint density at radius 2 is 0.753 bits per heavy atom. The number of carbonyl (C=O) groups excluding carboxylic acids is 2. The molecule has 73 heavy (non-hydrogen) atoms. The Labute approximate surface area is 450 Å². The number of carbonyl (C=O) groups is 2. The minimum absolute atomic E-state index is 0.0526. The van der Waals surface area contributed by atoms with Crippen LogP contribution >= 0.6 is 7.82 Å². The predicted octanol–water partition coefficient (Wildman–Crippen LogP) is 19.5. The summed E-state index contributed by atoms with van der Waals surface area (Å²) in [4.78, 5) is 35.2. The highest BCUT2D eigenvalue weighted by atomic mass is 31.2. The second kappa shape index (κ2) is 59.0. The molecule has 0 saturated heterocycles. The van der Waals surface area contributed by atoms with E-state index in [0.717, 1.165) is 64.2 Å². The number of unbranched alkanes of at least 4 members (excludes halogenated alkanes) is 35. The van der Waals surface area contributed by atoms with Gasteiger partial charge in [-0.05, 0) is 77.0 Å². The molecule has 0 aliphatic heterocycles. The lowest BCUT2D eigenvalue weighted by Crippen LogP contribution is -2.29. The van der Waals surface area contributed by atoms with Gasteiger partial charge in [0.15, 0.2) is 6.10 Å². The van der Waals surface area contributed by atoms with Crippen LogP contribution in [0.15, 0.2) is 60.8 Å². The van der Waals surface area contributed by atoms with Gasteiger partial charge in [-0.15, -0.1) is 0 Å². The summed E-state index contributed by atoms with van der Waals surface area (Å²) >= 11 is 0. The lowest BCUT2D eigenvalue weighted by molar-refractivity contribution is -0.161. The fraction of sp³-hybridized carbons (Fsp3) is 0.810. The van der Waals surface area contributed by atoms with E-state index in [1.54, 1.807) is 0 Å². The van der Waals surface area contributed by atoms with Crippen molar-refractivity contribution in [3.8, 4) is 0 Å². The van der Waals surface area contributed by atoms with Gasteiger partial charge in [0.05, 0.1) is 13.2 Å². The number of hydrogen-bond acceptors (Lipinski definition) is 8. The van der Waals surface area contributed by atoms with Crippen LogP contribution in [-0.4, -0.2) is 49.3 Å². The smallest absolute Gasteiger partial charge is 0.462 e. The molecule has 9 nitrogen and oxygen atoms in total. The maximum absolute atomic E-state index is 12.7. The van der Waals surface area contributed by atoms with Gasteiger partial charge in [0.2, 0.25) is 0 Å². The van der Waals surface area contributed by atoms with Crippen LogP contribution in [-0.2, 0) is 32.7 Å². The summed E-state index contributed by atoms with van der Waals surface area (Å²) in [5, 5.41) is 0. The van der Waals surface area contributed by atoms with Gasteiger partial charge in [-0.3, -0.25) is 18.6 Å². The van der Waals surface area contributed by atoms with Crippen molar-refractivity contribution in [3.63, 3.8) is 0 Å². The molecule has 0 aromatic heterocycles. The van der Waals surface area contributed by atoms with Gasteiger partial charge < -0.3 is 20.1 Å². The van der Waals surface area contributed by atoms with E-state index >= 15 is 0 Å². The van der Waals surface area contributed by atoms with Crippen molar-refractivity contribution in [1.82, 2.24) is 0 Å². The number of nitrogens with two attached hydrogens (primary N) is 1. The third-order valence-corrected chi connectivity index (χ3v) is 14.4. The highest BCUT2D eigenvalue weighted by Crippen LogP contribution is 2.43. The molecule has 3 N–H and O–H groups in total. The first-order chi connectivity index (χ1) is 35.8. The van der Waals surface area contributed by atoms with Crippen LogP contribution in [0.2, 0.25) is 0 Å². The third kappa shape index (κ3) is 58.8. The van der Waals surface area contributed by atoms with E-state index in [-0.39, 0.29) is 38.6 Å². The largest absolute Gasteiger partial charge is 0.472 e. The lowest BCUT2D eigenvalue weighted by Gasteiger charge is -2.19. The molecule has 10 heteroatoms. The maximum atomic E-state index is 12.7. The van der Waals surface area contributed by atoms with Crippen LogP contribution < -0.4 is 5.73 Å². The second-order valence-corrected chi connectivity index (χ2v) is 22.0. The van der Waals surface area contributed by atoms with Crippen molar-refractivity contribution >= 4 is 19.8 Å². The quantitative estimate of drug-likeness (QED) is 0.0264. The Balaban J connectivity index is 3.92. The predicted molar refractivity (Wildman–Crippen MR) is 312 cm³/mol. The minimum atomic E-state index is -4.39. The summed E-state index contributed by atoms with van der Waals surface area (Å²) in [6.45, 7) is 3.67. The Bertz CT molecular complexity index is 1380. The van der Waals surface area contributed by atoms with E-state index < -0.39 is 26.5 Å². The number of rotatable bonds is 58. The third-order valence-electron chi connectivity index (χ3n) is 13.4. The summed E-state index contributed by atoms with van der Waals surface area (Å²) in [6.07, 6.45) is 74.3. The number of allylic oxidation sites excluding steroid dienone is 10. The van der Waals surface area contributed by atoms with E-state index in [4.69, 9.17) is 24.3 Å². The lowest BCUT2D eigenvalue weighted by atomic mass is 10.0. The first kappa shape index (κ1) is 70.7. The van der Waals surface area contributed by atoms with Gasteiger partial charge >= 0.3 is 19.8 Å². The fourth-order valence-electron chi connectivity index (χ4n) is 8.86. The van der Waals surface area contributed by atoms with Crippen LogP contribution in [0.25, 0.3) is 0 Å². The molecule has 426 valence electrons. The first-order valence-corrected chi connectivity index (χ1v) is 32.3. The molecule has 0 heterocycles. The molecule has 0 aliphatic carbocycles. The molecule has 2 atom stereocenters. The van der Waals surface area contributed by atoms with Crippen LogP contribution in [0, 0.1) is 0 Å². The van der Waals surface area contributed by atoms with Crippen LogP contribution in [0.5, 0.6) is 0 Å². The molecule has 0 fully saturated rings. The summed E-state index contributed by atoms with van der Waals surface area (Å²) < 4.78 is 33.1. The molecule has 0 rings (SSSR count). The minimum Gasteiger partial charge on any atom is -0.462 e. The molecule has 0 aromatic rings. The number of phosphoric ester groups is 1. The van der Waals surface area contributed by atoms with Gasteiger partial charge in [0, 0.05) is 19.4 Å². The molecule has 0 aliphatic rings. The summed E-state index contributed by atoms with van der Waals surface area (Å²) in [6, 6.07) is 0. The molecule has 0 bridgehead atoms. The van der Waals surface area contributed by atoms with Gasteiger partial charge in [0.1, 0.15) is 6.61 Å². The SMILES string of the molecule is CC/C=C\C/C=C\C/C=C\C/C=C\CCCCCCCCCCCCCCC(=O)OC(COC(=O)CCCCCCCCCCCCCCCCC/C=C\CCCCCCCCCC)COP(=O)(O)OCCN. The molecule has 0 radical (unpaired) electrons. The van der Waals surface area contributed by atoms with E-state index in [9.17, 15) is 19.0 Å². The van der Waals surface area contributed by atoms with Gasteiger partial charge in [-0.1, -0.05) is 267 Å². The standard InChI is InChI=1S/C63H116NO8P/c1-3-5-7-9-11-13-15-17-19-21-23-25-27-29-30-32-33-35-37-39-41-43-45-47-49-51-53-55-62(65)69-59-61(60-71-73(67,68)70-58-57-64)72-63(66)56-54-52-50-48-46-44-42-40-38-36-34-31-28-26-24-22-20-18-16-14-12-10-8-6-4-2/h6,8,12,14,18,20-21,23-24,26,61H,3-5,7,9-11,13,15-17,19,22,25,27-60,64H2,1-2H3,(H,67,68)/b8-6-,14-12-,20-18-,23-21-,26-24-. The summed E-state index contributed by atoms with van der Waals surface area (Å²) in [5.41, 5.74) is 5.39. The summed E-state index contributed by atoms with van der Waals surface area (Å²) in [7, 11) is -4.39. The highest BCUT2D eigenvalue weighted by molar-refractivity contribution is 7.47. The van der Waals surface area contributed by atoms with Gasteiger partial charge in [-0.25, -0.2) is 4.57 Å². The molecular weight excluding hydrogens is 930 g/mol. The molecule has 0 saturated carbocycles. The zero-order valence-corrected chi connectivity index (χ0v) is 48.5. The van der Waals surface area contributed by atoms with Crippen LogP contribution in [0.3, 0.4) is 0 Å². The fourth-order valence-corrected chi connectivity index (χ4v) is 9.63. The molecule has 0 aromatic carbocycles. The highest BCUT2D eigenvalue weighted by Gasteiger charge is 2.26. The van der Waals surface area contributed by atoms with Crippen LogP contribution in [0.1, 0.15) is 296 Å². The van der Waals surface area contributed by atoms with E-state index in [1.807, 2.05) is 0 Å². The first-order valence-electron chi connectivity index (χ1n) is 30.8. The Morgan fingerprint density at radius 3 is 1.14 bits per heavy atom. The van der Waals surface area contributed by atoms with Gasteiger partial charge in [0.25, 0.3) is 0 Å². The van der Waals surface area contributed by atoms with Crippen LogP contribution in [0.4, 0.5) is 0 Å². The second-order valence-electron chi connectivity index (χ2n) is 20.5. The summed E-state index contributed by atoms with van der Waals surface area (Å²) in [5.74, 6) is -0.819. The number of esters is 2. The zero-order chi connectivity index (χ0) is 53.1. The average Bonchev–Trinajstić information content (AvgIpc) is 3.38. The van der Waals surface area contributed by atoms with Crippen molar-refractivity contribution in [3.05, 3.63) is 60.8 Å². The van der Waals surface area contributed by atoms with E-state index in [0.29, 0.717) is 6.42 Å². The van der Waals surface area contributed by atoms with Crippen molar-refractivity contribution < 1.29 is 37.6 Å². The Kier molecular flexibility index (Phi) is 57.1. The zero-order valence-electron chi connectivity index (χ0n) is 47.6. The maximum Gasteiger partial charge on any atom is 0.472 e. The van der Waals surface area contributed by atoms with Crippen molar-refractivity contribution in [1.29, 1.82) is 0 Å². The average molecular weight is 1050 g/mol. The van der Waals surface area contributed by atoms with Gasteiger partial charge in [-0.2, -0.15) is 0 Å². The van der Waals surface area contributed by atoms with Crippen molar-refractivity contribution in [2.24, 2.45) is 5.73 Å². The van der Waals surface area contributed by atoms with E-state index in [2.05, 4.69) is 74.6 Å². The Hall–Kier alpha value is -2.29. The monoisotopic (exact) mass is 1050 g/mol. The molecular formula is C63H116NO8P. The number of ether oxygens (including phenoxy) is 2. The van der Waals surface area contributed by atoms with Crippen molar-refractivity contribution in [2.75, 3.05) is 26.4 Å². The normalized spacial score (nSPS) is 13.4. The number of phosphoric acid groups is 1.